The maximum Gasteiger partial charge on any atom is 0.162 e. The number of ketones is 1. The van der Waals surface area contributed by atoms with Gasteiger partial charge in [0.25, 0.3) is 0 Å². The van der Waals surface area contributed by atoms with Gasteiger partial charge in [-0.15, -0.1) is 0 Å². The molecule has 0 aromatic carbocycles. The van der Waals surface area contributed by atoms with E-state index in [0.29, 0.717) is 5.78 Å². The summed E-state index contributed by atoms with van der Waals surface area (Å²) in [5.41, 5.74) is 2.76. The Balaban J connectivity index is 2.30. The molecule has 0 N–H and O–H groups in total. The highest BCUT2D eigenvalue weighted by atomic mass is 16.1. The molecule has 1 unspecified atom stereocenters. The number of hydrogen-bond acceptors (Lipinski definition) is 1. The largest absolute Gasteiger partial charge is 0.294 e. The summed E-state index contributed by atoms with van der Waals surface area (Å²) in [7, 11) is 0. The molecule has 0 saturated heterocycles. The van der Waals surface area contributed by atoms with E-state index >= 15 is 0 Å². The lowest BCUT2D eigenvalue weighted by Crippen LogP contribution is -2.12. The lowest BCUT2D eigenvalue weighted by Gasteiger charge is -2.08. The highest BCUT2D eigenvalue weighted by Gasteiger charge is 2.51. The van der Waals surface area contributed by atoms with Gasteiger partial charge in [0, 0.05) is 16.9 Å². The van der Waals surface area contributed by atoms with Crippen LogP contribution in [0.5, 0.6) is 0 Å². The molecule has 1 heteroatoms. The zero-order chi connectivity index (χ0) is 8.22. The minimum Gasteiger partial charge on any atom is -0.294 e. The van der Waals surface area contributed by atoms with Crippen LogP contribution in [0.3, 0.4) is 0 Å². The number of rotatable bonds is 0. The van der Waals surface area contributed by atoms with Gasteiger partial charge in [0.1, 0.15) is 0 Å². The maximum absolute atomic E-state index is 11.5. The van der Waals surface area contributed by atoms with E-state index in [2.05, 4.69) is 13.8 Å². The topological polar surface area (TPSA) is 17.1 Å². The van der Waals surface area contributed by atoms with Crippen LogP contribution in [0.1, 0.15) is 33.6 Å². The summed E-state index contributed by atoms with van der Waals surface area (Å²) < 4.78 is 0. The molecular weight excluding hydrogens is 136 g/mol. The van der Waals surface area contributed by atoms with Crippen molar-refractivity contribution in [3.8, 4) is 0 Å². The quantitative estimate of drug-likeness (QED) is 0.518. The van der Waals surface area contributed by atoms with Crippen molar-refractivity contribution in [1.82, 2.24) is 0 Å². The molecule has 2 rings (SSSR count). The predicted octanol–water partition coefficient (Wildman–Crippen LogP) is 2.32. The van der Waals surface area contributed by atoms with E-state index in [9.17, 15) is 4.79 Å². The minimum absolute atomic E-state index is 0.182. The molecule has 0 radical (unpaired) electrons. The van der Waals surface area contributed by atoms with Gasteiger partial charge in [0.15, 0.2) is 5.78 Å². The zero-order valence-corrected chi connectivity index (χ0v) is 7.40. The Morgan fingerprint density at radius 2 is 2.09 bits per heavy atom. The normalized spacial score (nSPS) is 33.7. The molecule has 0 spiro atoms. The third-order valence-electron chi connectivity index (χ3n) is 3.14. The first-order valence-electron chi connectivity index (χ1n) is 4.33. The van der Waals surface area contributed by atoms with Crippen molar-refractivity contribution in [1.29, 1.82) is 0 Å². The number of allylic oxidation sites excluding steroid dienone is 2. The van der Waals surface area contributed by atoms with Crippen LogP contribution in [-0.2, 0) is 4.79 Å². The first-order chi connectivity index (χ1) is 5.05. The molecule has 11 heavy (non-hydrogen) atoms. The van der Waals surface area contributed by atoms with Gasteiger partial charge in [-0.2, -0.15) is 0 Å². The van der Waals surface area contributed by atoms with Crippen molar-refractivity contribution < 1.29 is 4.79 Å². The number of Topliss-reactive ketones (excluding diaryl/α,β-unsaturated/α-hetero) is 1. The molecule has 0 fully saturated rings. The average Bonchev–Trinajstić information content (AvgIpc) is 2.46. The fourth-order valence-corrected chi connectivity index (χ4v) is 2.18. The highest BCUT2D eigenvalue weighted by molar-refractivity contribution is 6.05. The first-order valence-corrected chi connectivity index (χ1v) is 4.33. The Bertz CT molecular complexity index is 258. The van der Waals surface area contributed by atoms with Crippen molar-refractivity contribution in [3.05, 3.63) is 11.1 Å². The van der Waals surface area contributed by atoms with Crippen molar-refractivity contribution >= 4 is 5.78 Å². The van der Waals surface area contributed by atoms with E-state index in [1.54, 1.807) is 0 Å². The summed E-state index contributed by atoms with van der Waals surface area (Å²) in [5, 5.41) is 0. The molecule has 0 aromatic heterocycles. The van der Waals surface area contributed by atoms with Crippen LogP contribution >= 0.6 is 0 Å². The van der Waals surface area contributed by atoms with Crippen LogP contribution in [0.25, 0.3) is 0 Å². The molecule has 1 atom stereocenters. The van der Waals surface area contributed by atoms with Crippen LogP contribution in [0.4, 0.5) is 0 Å². The fraction of sp³-hybridized carbons (Fsp3) is 0.700. The molecule has 0 aromatic rings. The van der Waals surface area contributed by atoms with Gasteiger partial charge in [0.2, 0.25) is 0 Å². The van der Waals surface area contributed by atoms with Crippen LogP contribution in [0.15, 0.2) is 11.1 Å². The summed E-state index contributed by atoms with van der Waals surface area (Å²) in [6, 6.07) is 0. The molecule has 0 aliphatic heterocycles. The summed E-state index contributed by atoms with van der Waals surface area (Å²) in [5.74, 6) is 0.701. The third kappa shape index (κ3) is 0.741. The Hall–Kier alpha value is -0.590. The molecular formula is C10H14O. The number of carbonyl (C=O) groups excluding carboxylic acids is 1. The van der Waals surface area contributed by atoms with E-state index in [4.69, 9.17) is 0 Å². The Kier molecular flexibility index (Phi) is 1.14. The van der Waals surface area contributed by atoms with Crippen molar-refractivity contribution in [2.45, 2.75) is 33.6 Å². The van der Waals surface area contributed by atoms with Crippen molar-refractivity contribution in [2.24, 2.45) is 11.3 Å². The molecule has 0 saturated carbocycles. The molecule has 2 aliphatic carbocycles. The van der Waals surface area contributed by atoms with E-state index in [1.807, 2.05) is 6.92 Å². The van der Waals surface area contributed by atoms with Gasteiger partial charge in [-0.3, -0.25) is 4.79 Å². The molecule has 2 aliphatic rings. The van der Waals surface area contributed by atoms with Gasteiger partial charge < -0.3 is 0 Å². The van der Waals surface area contributed by atoms with E-state index < -0.39 is 0 Å². The Morgan fingerprint density at radius 1 is 1.45 bits per heavy atom. The maximum atomic E-state index is 11.5. The summed E-state index contributed by atoms with van der Waals surface area (Å²) in [6.45, 7) is 6.36. The van der Waals surface area contributed by atoms with Gasteiger partial charge in [-0.1, -0.05) is 26.3 Å². The van der Waals surface area contributed by atoms with Crippen LogP contribution in [0.2, 0.25) is 0 Å². The van der Waals surface area contributed by atoms with Gasteiger partial charge in [-0.05, 0) is 12.8 Å². The predicted molar refractivity (Wildman–Crippen MR) is 44.2 cm³/mol. The zero-order valence-electron chi connectivity index (χ0n) is 7.40. The molecule has 60 valence electrons. The van der Waals surface area contributed by atoms with E-state index in [-0.39, 0.29) is 11.3 Å². The van der Waals surface area contributed by atoms with Crippen molar-refractivity contribution in [2.75, 3.05) is 0 Å². The Morgan fingerprint density at radius 3 is 2.64 bits per heavy atom. The van der Waals surface area contributed by atoms with Gasteiger partial charge in [-0.25, -0.2) is 0 Å². The summed E-state index contributed by atoms with van der Waals surface area (Å²) >= 11 is 0. The minimum atomic E-state index is 0.182. The molecule has 0 amide bonds. The van der Waals surface area contributed by atoms with Crippen LogP contribution in [-0.4, -0.2) is 5.78 Å². The fourth-order valence-electron chi connectivity index (χ4n) is 2.18. The number of hydrogen-bond donors (Lipinski definition) is 0. The summed E-state index contributed by atoms with van der Waals surface area (Å²) in [6.07, 6.45) is 2.23. The lowest BCUT2D eigenvalue weighted by molar-refractivity contribution is -0.119. The standard InChI is InChI=1S/C10H14O/c1-6-4-5-7-8(9(6)11)10(7,2)3/h6H,4-5H2,1-3H3. The SMILES string of the molecule is CC1CCC2=C(C1=O)C2(C)C. The molecule has 0 bridgehead atoms. The Labute approximate surface area is 67.5 Å². The smallest absolute Gasteiger partial charge is 0.162 e. The second kappa shape index (κ2) is 1.77. The summed E-state index contributed by atoms with van der Waals surface area (Å²) in [4.78, 5) is 11.5. The van der Waals surface area contributed by atoms with Gasteiger partial charge >= 0.3 is 0 Å². The number of carbonyl (C=O) groups is 1. The second-order valence-corrected chi connectivity index (χ2v) is 4.28. The van der Waals surface area contributed by atoms with Crippen molar-refractivity contribution in [3.63, 3.8) is 0 Å². The van der Waals surface area contributed by atoms with E-state index in [1.165, 1.54) is 5.57 Å². The molecule has 0 heterocycles. The highest BCUT2D eigenvalue weighted by Crippen LogP contribution is 2.58. The van der Waals surface area contributed by atoms with E-state index in [0.717, 1.165) is 18.4 Å². The van der Waals surface area contributed by atoms with Gasteiger partial charge in [0.05, 0.1) is 0 Å². The lowest BCUT2D eigenvalue weighted by atomic mass is 9.95. The van der Waals surface area contributed by atoms with Crippen LogP contribution in [0, 0.1) is 11.3 Å². The third-order valence-corrected chi connectivity index (χ3v) is 3.14. The second-order valence-electron chi connectivity index (χ2n) is 4.28. The first kappa shape index (κ1) is 7.08. The van der Waals surface area contributed by atoms with Crippen LogP contribution < -0.4 is 0 Å². The average molecular weight is 150 g/mol. The molecule has 1 nitrogen and oxygen atoms in total. The monoisotopic (exact) mass is 150 g/mol.